The molecule has 1 unspecified atom stereocenters. The van der Waals surface area contributed by atoms with Gasteiger partial charge >= 0.3 is 0 Å². The number of hydrogen-bond donors (Lipinski definition) is 0. The summed E-state index contributed by atoms with van der Waals surface area (Å²) in [4.78, 5) is 2.64. The van der Waals surface area contributed by atoms with E-state index in [0.29, 0.717) is 5.88 Å². The van der Waals surface area contributed by atoms with Crippen molar-refractivity contribution < 1.29 is 0 Å². The molecule has 0 aromatic carbocycles. The zero-order valence-electron chi connectivity index (χ0n) is 7.59. The van der Waals surface area contributed by atoms with Gasteiger partial charge in [0, 0.05) is 15.6 Å². The Balaban J connectivity index is 2.58. The molecular weight excluding hydrogens is 202 g/mol. The number of hydrogen-bond acceptors (Lipinski definition) is 2. The molecule has 70 valence electrons. The van der Waals surface area contributed by atoms with Crippen molar-refractivity contribution in [1.29, 1.82) is 5.26 Å². The minimum absolute atomic E-state index is 0.0370. The summed E-state index contributed by atoms with van der Waals surface area (Å²) < 4.78 is 0. The van der Waals surface area contributed by atoms with Crippen molar-refractivity contribution in [1.82, 2.24) is 0 Å². The van der Waals surface area contributed by atoms with Crippen molar-refractivity contribution in [2.75, 3.05) is 5.88 Å². The lowest BCUT2D eigenvalue weighted by atomic mass is 10.1. The van der Waals surface area contributed by atoms with Crippen LogP contribution in [-0.2, 0) is 12.8 Å². The summed E-state index contributed by atoms with van der Waals surface area (Å²) in [6.45, 7) is 2.14. The van der Waals surface area contributed by atoms with Gasteiger partial charge < -0.3 is 0 Å². The molecule has 1 nitrogen and oxygen atoms in total. The third-order valence-electron chi connectivity index (χ3n) is 1.88. The number of nitriles is 1. The quantitative estimate of drug-likeness (QED) is 0.705. The molecule has 3 heteroatoms. The Hall–Kier alpha value is -0.520. The maximum absolute atomic E-state index is 8.72. The maximum Gasteiger partial charge on any atom is 0.0672 e. The number of nitrogens with zero attached hydrogens (tertiary/aromatic N) is 1. The van der Waals surface area contributed by atoms with Crippen molar-refractivity contribution in [3.8, 4) is 6.07 Å². The molecule has 1 aromatic heterocycles. The molecule has 0 fully saturated rings. The topological polar surface area (TPSA) is 23.8 Å². The summed E-state index contributed by atoms with van der Waals surface area (Å²) in [6.07, 6.45) is 1.87. The van der Waals surface area contributed by atoms with E-state index in [1.807, 2.05) is 0 Å². The van der Waals surface area contributed by atoms with Crippen LogP contribution in [0.2, 0.25) is 0 Å². The van der Waals surface area contributed by atoms with Crippen LogP contribution < -0.4 is 0 Å². The monoisotopic (exact) mass is 213 g/mol. The van der Waals surface area contributed by atoms with Crippen LogP contribution in [0.3, 0.4) is 0 Å². The van der Waals surface area contributed by atoms with E-state index >= 15 is 0 Å². The summed E-state index contributed by atoms with van der Waals surface area (Å²) >= 11 is 7.42. The van der Waals surface area contributed by atoms with Crippen molar-refractivity contribution in [2.24, 2.45) is 5.92 Å². The van der Waals surface area contributed by atoms with Gasteiger partial charge in [0.1, 0.15) is 0 Å². The molecule has 1 aromatic rings. The van der Waals surface area contributed by atoms with Gasteiger partial charge in [-0.3, -0.25) is 0 Å². The third-order valence-corrected chi connectivity index (χ3v) is 3.51. The molecule has 0 amide bonds. The van der Waals surface area contributed by atoms with E-state index in [0.717, 1.165) is 12.8 Å². The summed E-state index contributed by atoms with van der Waals surface area (Å²) in [6, 6.07) is 6.43. The SMILES string of the molecule is CCc1ccc(CC(C#N)CCl)s1. The van der Waals surface area contributed by atoms with Crippen LogP contribution in [0.15, 0.2) is 12.1 Å². The molecule has 0 radical (unpaired) electrons. The zero-order chi connectivity index (χ0) is 9.68. The first-order valence-electron chi connectivity index (χ1n) is 4.33. The molecule has 1 rings (SSSR count). The van der Waals surface area contributed by atoms with Crippen molar-refractivity contribution in [3.05, 3.63) is 21.9 Å². The molecule has 1 atom stereocenters. The fourth-order valence-corrected chi connectivity index (χ4v) is 2.32. The molecular formula is C10H12ClNS. The van der Waals surface area contributed by atoms with Crippen LogP contribution in [0.1, 0.15) is 16.7 Å². The van der Waals surface area contributed by atoms with E-state index in [1.165, 1.54) is 9.75 Å². The van der Waals surface area contributed by atoms with Crippen LogP contribution in [0.25, 0.3) is 0 Å². The van der Waals surface area contributed by atoms with Crippen LogP contribution in [0, 0.1) is 17.2 Å². The number of alkyl halides is 1. The summed E-state index contributed by atoms with van der Waals surface area (Å²) in [7, 11) is 0. The Bertz CT molecular complexity index is 300. The van der Waals surface area contributed by atoms with Crippen LogP contribution in [0.5, 0.6) is 0 Å². The standard InChI is InChI=1S/C10H12ClNS/c1-2-9-3-4-10(13-9)5-8(6-11)7-12/h3-4,8H,2,5-6H2,1H3. The molecule has 0 aliphatic heterocycles. The van der Waals surface area contributed by atoms with Gasteiger partial charge in [0.15, 0.2) is 0 Å². The minimum atomic E-state index is -0.0370. The lowest BCUT2D eigenvalue weighted by Gasteiger charge is -2.00. The highest BCUT2D eigenvalue weighted by atomic mass is 35.5. The highest BCUT2D eigenvalue weighted by Gasteiger charge is 2.08. The molecule has 13 heavy (non-hydrogen) atoms. The fraction of sp³-hybridized carbons (Fsp3) is 0.500. The van der Waals surface area contributed by atoms with E-state index < -0.39 is 0 Å². The summed E-state index contributed by atoms with van der Waals surface area (Å²) in [5.41, 5.74) is 0. The van der Waals surface area contributed by atoms with Gasteiger partial charge in [-0.1, -0.05) is 6.92 Å². The molecule has 0 saturated heterocycles. The minimum Gasteiger partial charge on any atom is -0.198 e. The highest BCUT2D eigenvalue weighted by Crippen LogP contribution is 2.20. The number of rotatable bonds is 4. The van der Waals surface area contributed by atoms with Crippen LogP contribution >= 0.6 is 22.9 Å². The van der Waals surface area contributed by atoms with Crippen LogP contribution in [0.4, 0.5) is 0 Å². The first kappa shape index (κ1) is 10.6. The van der Waals surface area contributed by atoms with E-state index in [-0.39, 0.29) is 5.92 Å². The third kappa shape index (κ3) is 3.02. The molecule has 0 bridgehead atoms. The largest absolute Gasteiger partial charge is 0.198 e. The molecule has 0 spiro atoms. The van der Waals surface area contributed by atoms with Gasteiger partial charge in [0.05, 0.1) is 12.0 Å². The maximum atomic E-state index is 8.72. The van der Waals surface area contributed by atoms with Crippen molar-refractivity contribution >= 4 is 22.9 Å². The molecule has 0 saturated carbocycles. The average molecular weight is 214 g/mol. The predicted octanol–water partition coefficient (Wildman–Crippen LogP) is 3.23. The number of thiophene rings is 1. The Morgan fingerprint density at radius 2 is 2.23 bits per heavy atom. The molecule has 0 aliphatic carbocycles. The first-order valence-corrected chi connectivity index (χ1v) is 5.68. The van der Waals surface area contributed by atoms with Gasteiger partial charge in [-0.25, -0.2) is 0 Å². The second kappa shape index (κ2) is 5.26. The summed E-state index contributed by atoms with van der Waals surface area (Å²) in [5.74, 6) is 0.389. The smallest absolute Gasteiger partial charge is 0.0672 e. The van der Waals surface area contributed by atoms with E-state index in [1.54, 1.807) is 11.3 Å². The van der Waals surface area contributed by atoms with Gasteiger partial charge in [-0.15, -0.1) is 22.9 Å². The van der Waals surface area contributed by atoms with E-state index in [2.05, 4.69) is 25.1 Å². The van der Waals surface area contributed by atoms with E-state index in [9.17, 15) is 0 Å². The predicted molar refractivity (Wildman–Crippen MR) is 57.2 cm³/mol. The Morgan fingerprint density at radius 1 is 1.54 bits per heavy atom. The number of aryl methyl sites for hydroxylation is 1. The Labute approximate surface area is 88.0 Å². The van der Waals surface area contributed by atoms with Crippen molar-refractivity contribution in [2.45, 2.75) is 19.8 Å². The van der Waals surface area contributed by atoms with Gasteiger partial charge in [0.2, 0.25) is 0 Å². The lowest BCUT2D eigenvalue weighted by Crippen LogP contribution is -2.01. The zero-order valence-corrected chi connectivity index (χ0v) is 9.16. The molecule has 0 aliphatic rings. The molecule has 1 heterocycles. The van der Waals surface area contributed by atoms with Gasteiger partial charge in [0.25, 0.3) is 0 Å². The highest BCUT2D eigenvalue weighted by molar-refractivity contribution is 7.11. The Kier molecular flexibility index (Phi) is 4.27. The first-order chi connectivity index (χ1) is 6.30. The molecule has 0 N–H and O–H groups in total. The second-order valence-electron chi connectivity index (χ2n) is 2.91. The Morgan fingerprint density at radius 3 is 2.69 bits per heavy atom. The second-order valence-corrected chi connectivity index (χ2v) is 4.47. The van der Waals surface area contributed by atoms with E-state index in [4.69, 9.17) is 16.9 Å². The van der Waals surface area contributed by atoms with Gasteiger partial charge in [-0.2, -0.15) is 5.26 Å². The van der Waals surface area contributed by atoms with Crippen molar-refractivity contribution in [3.63, 3.8) is 0 Å². The van der Waals surface area contributed by atoms with Gasteiger partial charge in [-0.05, 0) is 25.0 Å². The fourth-order valence-electron chi connectivity index (χ4n) is 1.10. The summed E-state index contributed by atoms with van der Waals surface area (Å²) in [5, 5.41) is 8.72. The van der Waals surface area contributed by atoms with Crippen LogP contribution in [-0.4, -0.2) is 5.88 Å². The normalized spacial score (nSPS) is 12.4. The lowest BCUT2D eigenvalue weighted by molar-refractivity contribution is 0.756. The number of halogens is 1. The average Bonchev–Trinajstić information content (AvgIpc) is 2.61.